The Labute approximate surface area is 179 Å². The number of amides is 1. The van der Waals surface area contributed by atoms with Gasteiger partial charge < -0.3 is 0 Å². The number of hydrogen-bond acceptors (Lipinski definition) is 4. The first-order valence-corrected chi connectivity index (χ1v) is 10.5. The van der Waals surface area contributed by atoms with Crippen LogP contribution in [0.3, 0.4) is 0 Å². The molecule has 140 valence electrons. The van der Waals surface area contributed by atoms with Crippen LogP contribution in [0.5, 0.6) is 0 Å². The molecule has 0 fully saturated rings. The molecule has 4 rings (SSSR count). The number of aromatic nitrogens is 2. The van der Waals surface area contributed by atoms with Gasteiger partial charge in [0.25, 0.3) is 5.91 Å². The Hall–Kier alpha value is -2.28. The highest BCUT2D eigenvalue weighted by atomic mass is 79.9. The van der Waals surface area contributed by atoms with Crippen LogP contribution >= 0.6 is 38.9 Å². The largest absolute Gasteiger partial charge is 0.278 e. The maximum Gasteiger partial charge on any atom is 0.261 e. The summed E-state index contributed by atoms with van der Waals surface area (Å²) >= 11 is 11.1. The summed E-state index contributed by atoms with van der Waals surface area (Å²) in [5, 5.41) is 1.28. The molecule has 0 aliphatic carbocycles. The summed E-state index contributed by atoms with van der Waals surface area (Å²) in [5.41, 5.74) is 3.20. The molecule has 0 radical (unpaired) electrons. The molecule has 0 bridgehead atoms. The Morgan fingerprint density at radius 2 is 1.96 bits per heavy atom. The first-order chi connectivity index (χ1) is 13.5. The van der Waals surface area contributed by atoms with Gasteiger partial charge in [0.15, 0.2) is 5.13 Å². The normalized spacial score (nSPS) is 11.0. The highest BCUT2D eigenvalue weighted by Gasteiger charge is 2.24. The zero-order valence-corrected chi connectivity index (χ0v) is 18.1. The Bertz CT molecular complexity index is 1160. The van der Waals surface area contributed by atoms with Crippen LogP contribution in [0, 0.1) is 6.92 Å². The van der Waals surface area contributed by atoms with E-state index in [2.05, 4.69) is 20.9 Å². The van der Waals surface area contributed by atoms with Crippen LogP contribution in [0.2, 0.25) is 5.02 Å². The van der Waals surface area contributed by atoms with Gasteiger partial charge in [-0.25, -0.2) is 4.98 Å². The van der Waals surface area contributed by atoms with Gasteiger partial charge >= 0.3 is 0 Å². The number of rotatable bonds is 4. The SMILES string of the molecule is Cc1cc(Cl)cc2sc(N(Cc3ccccn3)C(=O)c3ccccc3Br)nc12. The average molecular weight is 473 g/mol. The summed E-state index contributed by atoms with van der Waals surface area (Å²) in [7, 11) is 0. The second-order valence-electron chi connectivity index (χ2n) is 6.26. The van der Waals surface area contributed by atoms with Crippen molar-refractivity contribution in [1.29, 1.82) is 0 Å². The number of halogens is 2. The monoisotopic (exact) mass is 471 g/mol. The van der Waals surface area contributed by atoms with Gasteiger partial charge in [0.05, 0.1) is 28.0 Å². The molecule has 0 saturated heterocycles. The lowest BCUT2D eigenvalue weighted by atomic mass is 10.2. The topological polar surface area (TPSA) is 46.1 Å². The number of benzene rings is 2. The fraction of sp³-hybridized carbons (Fsp3) is 0.0952. The quantitative estimate of drug-likeness (QED) is 0.352. The molecule has 7 heteroatoms. The van der Waals surface area contributed by atoms with E-state index in [1.165, 1.54) is 11.3 Å². The minimum absolute atomic E-state index is 0.138. The van der Waals surface area contributed by atoms with Gasteiger partial charge in [-0.1, -0.05) is 41.1 Å². The molecule has 0 spiro atoms. The van der Waals surface area contributed by atoms with Crippen molar-refractivity contribution in [3.63, 3.8) is 0 Å². The molecule has 28 heavy (non-hydrogen) atoms. The molecule has 0 unspecified atom stereocenters. The minimum Gasteiger partial charge on any atom is -0.278 e. The number of hydrogen-bond donors (Lipinski definition) is 0. The van der Waals surface area contributed by atoms with E-state index in [4.69, 9.17) is 16.6 Å². The second kappa shape index (κ2) is 7.99. The fourth-order valence-corrected chi connectivity index (χ4v) is 4.79. The van der Waals surface area contributed by atoms with Crippen molar-refractivity contribution in [2.24, 2.45) is 0 Å². The summed E-state index contributed by atoms with van der Waals surface area (Å²) in [4.78, 5) is 24.2. The molecular weight excluding hydrogens is 458 g/mol. The van der Waals surface area contributed by atoms with Crippen molar-refractivity contribution in [3.05, 3.63) is 87.1 Å². The van der Waals surface area contributed by atoms with E-state index in [0.29, 0.717) is 22.3 Å². The molecule has 2 aromatic carbocycles. The summed E-state index contributed by atoms with van der Waals surface area (Å²) < 4.78 is 1.69. The van der Waals surface area contributed by atoms with E-state index in [0.717, 1.165) is 25.9 Å². The molecule has 2 heterocycles. The number of anilines is 1. The lowest BCUT2D eigenvalue weighted by molar-refractivity contribution is 0.0984. The highest BCUT2D eigenvalue weighted by Crippen LogP contribution is 2.34. The number of nitrogens with zero attached hydrogens (tertiary/aromatic N) is 3. The third-order valence-corrected chi connectivity index (χ3v) is 6.20. The van der Waals surface area contributed by atoms with E-state index in [1.54, 1.807) is 17.2 Å². The summed E-state index contributed by atoms with van der Waals surface area (Å²) in [6.45, 7) is 2.30. The van der Waals surface area contributed by atoms with E-state index in [1.807, 2.05) is 55.5 Å². The molecule has 0 N–H and O–H groups in total. The number of aryl methyl sites for hydroxylation is 1. The number of pyridine rings is 1. The number of thiazole rings is 1. The lowest BCUT2D eigenvalue weighted by Crippen LogP contribution is -2.31. The van der Waals surface area contributed by atoms with Crippen LogP contribution < -0.4 is 4.90 Å². The van der Waals surface area contributed by atoms with Crippen molar-refractivity contribution in [2.45, 2.75) is 13.5 Å². The maximum atomic E-state index is 13.4. The predicted octanol–water partition coefficient (Wildman–Crippen LogP) is 6.26. The number of carbonyl (C=O) groups is 1. The molecule has 0 atom stereocenters. The summed E-state index contributed by atoms with van der Waals surface area (Å²) in [6.07, 6.45) is 1.72. The first-order valence-electron chi connectivity index (χ1n) is 8.56. The number of fused-ring (bicyclic) bond motifs is 1. The first kappa shape index (κ1) is 19.1. The van der Waals surface area contributed by atoms with Gasteiger partial charge in [0.2, 0.25) is 0 Å². The van der Waals surface area contributed by atoms with Gasteiger partial charge in [-0.15, -0.1) is 0 Å². The van der Waals surface area contributed by atoms with Gasteiger partial charge in [-0.2, -0.15) is 0 Å². The van der Waals surface area contributed by atoms with E-state index < -0.39 is 0 Å². The molecule has 2 aromatic heterocycles. The standard InChI is InChI=1S/C21H15BrClN3OS/c1-13-10-14(23)11-18-19(13)25-21(28-18)26(12-15-6-4-5-9-24-15)20(27)16-7-2-3-8-17(16)22/h2-11H,12H2,1H3. The van der Waals surface area contributed by atoms with E-state index >= 15 is 0 Å². The van der Waals surface area contributed by atoms with Gasteiger partial charge in [-0.05, 0) is 64.8 Å². The van der Waals surface area contributed by atoms with Crippen LogP contribution in [0.1, 0.15) is 21.6 Å². The number of carbonyl (C=O) groups excluding carboxylic acids is 1. The van der Waals surface area contributed by atoms with Crippen LogP contribution in [-0.2, 0) is 6.54 Å². The van der Waals surface area contributed by atoms with Gasteiger partial charge in [0, 0.05) is 15.7 Å². The van der Waals surface area contributed by atoms with Crippen LogP contribution in [0.15, 0.2) is 65.3 Å². The van der Waals surface area contributed by atoms with Crippen molar-refractivity contribution >= 4 is 60.1 Å². The fourth-order valence-electron chi connectivity index (χ4n) is 2.92. The summed E-state index contributed by atoms with van der Waals surface area (Å²) in [5.74, 6) is -0.138. The Morgan fingerprint density at radius 1 is 1.18 bits per heavy atom. The van der Waals surface area contributed by atoms with Crippen LogP contribution in [-0.4, -0.2) is 15.9 Å². The van der Waals surface area contributed by atoms with Crippen molar-refractivity contribution in [1.82, 2.24) is 9.97 Å². The van der Waals surface area contributed by atoms with Crippen molar-refractivity contribution < 1.29 is 4.79 Å². The van der Waals surface area contributed by atoms with E-state index in [9.17, 15) is 4.79 Å². The molecule has 0 aliphatic heterocycles. The summed E-state index contributed by atoms with van der Waals surface area (Å²) in [6, 6.07) is 16.8. The van der Waals surface area contributed by atoms with Gasteiger partial charge in [-0.3, -0.25) is 14.7 Å². The van der Waals surface area contributed by atoms with Crippen molar-refractivity contribution in [3.8, 4) is 0 Å². The Morgan fingerprint density at radius 3 is 2.71 bits per heavy atom. The smallest absolute Gasteiger partial charge is 0.261 e. The van der Waals surface area contributed by atoms with E-state index in [-0.39, 0.29) is 5.91 Å². The average Bonchev–Trinajstić information content (AvgIpc) is 3.11. The highest BCUT2D eigenvalue weighted by molar-refractivity contribution is 9.10. The third kappa shape index (κ3) is 3.81. The Kier molecular flexibility index (Phi) is 5.44. The zero-order chi connectivity index (χ0) is 19.7. The molecule has 1 amide bonds. The van der Waals surface area contributed by atoms with Crippen LogP contribution in [0.4, 0.5) is 5.13 Å². The molecule has 0 saturated carbocycles. The third-order valence-electron chi connectivity index (χ3n) is 4.27. The van der Waals surface area contributed by atoms with Gasteiger partial charge in [0.1, 0.15) is 0 Å². The molecular formula is C21H15BrClN3OS. The minimum atomic E-state index is -0.138. The second-order valence-corrected chi connectivity index (χ2v) is 8.56. The van der Waals surface area contributed by atoms with Crippen LogP contribution in [0.25, 0.3) is 10.2 Å². The predicted molar refractivity (Wildman–Crippen MR) is 118 cm³/mol. The lowest BCUT2D eigenvalue weighted by Gasteiger charge is -2.20. The zero-order valence-electron chi connectivity index (χ0n) is 14.9. The maximum absolute atomic E-state index is 13.4. The Balaban J connectivity index is 1.82. The molecule has 0 aliphatic rings. The molecule has 4 nitrogen and oxygen atoms in total. The molecule has 4 aromatic rings. The van der Waals surface area contributed by atoms with Crippen molar-refractivity contribution in [2.75, 3.05) is 4.90 Å².